The fourth-order valence-corrected chi connectivity index (χ4v) is 12.7. The lowest BCUT2D eigenvalue weighted by atomic mass is 9.40. The third kappa shape index (κ3) is 28.4. The minimum Gasteiger partial charge on any atom is -0.465 e. The molecule has 0 spiro atoms. The van der Waals surface area contributed by atoms with Crippen LogP contribution in [0.4, 0.5) is 0 Å². The van der Waals surface area contributed by atoms with E-state index in [0.717, 1.165) is 135 Å². The summed E-state index contributed by atoms with van der Waals surface area (Å²) in [6.45, 7) is 16.3. The van der Waals surface area contributed by atoms with Crippen molar-refractivity contribution in [2.45, 2.75) is 272 Å². The van der Waals surface area contributed by atoms with Crippen molar-refractivity contribution < 1.29 is 38.1 Å². The molecule has 4 rings (SSSR count). The van der Waals surface area contributed by atoms with Gasteiger partial charge < -0.3 is 28.6 Å². The Bertz CT molecular complexity index is 1470. The summed E-state index contributed by atoms with van der Waals surface area (Å²) in [7, 11) is 0. The van der Waals surface area contributed by atoms with E-state index in [4.69, 9.17) is 23.7 Å². The van der Waals surface area contributed by atoms with Gasteiger partial charge in [0.05, 0.1) is 26.2 Å². The number of rotatable bonds is 48. The molecule has 4 unspecified atom stereocenters. The molecule has 4 aliphatic rings. The minimum atomic E-state index is -0.405. The summed E-state index contributed by atoms with van der Waals surface area (Å²) in [5.41, 5.74) is -0.639. The molecule has 4 bridgehead atoms. The fraction of sp³-hybridized carbons (Fsp3) is 0.857. The molecule has 0 aromatic rings. The van der Waals surface area contributed by atoms with Crippen LogP contribution in [-0.2, 0) is 38.1 Å². The van der Waals surface area contributed by atoms with Gasteiger partial charge >= 0.3 is 17.9 Å². The fourth-order valence-electron chi connectivity index (χ4n) is 12.7. The topological polar surface area (TPSA) is 101 Å². The molecule has 0 saturated heterocycles. The van der Waals surface area contributed by atoms with Crippen LogP contribution in [0.5, 0.6) is 0 Å². The first-order valence-electron chi connectivity index (χ1n) is 30.5. The van der Waals surface area contributed by atoms with E-state index in [0.29, 0.717) is 58.2 Å². The average Bonchev–Trinajstić information content (AvgIpc) is 3.37. The lowest BCUT2D eigenvalue weighted by Gasteiger charge is -2.66. The van der Waals surface area contributed by atoms with Crippen LogP contribution < -0.4 is 0 Å². The molecule has 9 heteroatoms. The maximum absolute atomic E-state index is 13.7. The van der Waals surface area contributed by atoms with Gasteiger partial charge in [-0.05, 0) is 122 Å². The molecule has 0 aromatic carbocycles. The molecule has 9 nitrogen and oxygen atoms in total. The summed E-state index contributed by atoms with van der Waals surface area (Å²) in [5, 5.41) is 0. The van der Waals surface area contributed by atoms with Gasteiger partial charge in [0.25, 0.3) is 0 Å². The van der Waals surface area contributed by atoms with Crippen LogP contribution in [0.2, 0.25) is 0 Å². The van der Waals surface area contributed by atoms with Gasteiger partial charge in [0.2, 0.25) is 0 Å². The van der Waals surface area contributed by atoms with E-state index in [1.807, 2.05) is 0 Å². The molecule has 72 heavy (non-hydrogen) atoms. The quantitative estimate of drug-likeness (QED) is 0.0194. The highest BCUT2D eigenvalue weighted by Crippen LogP contribution is 2.70. The molecule has 4 fully saturated rings. The predicted octanol–water partition coefficient (Wildman–Crippen LogP) is 16.7. The van der Waals surface area contributed by atoms with Crippen LogP contribution >= 0.6 is 0 Å². The Morgan fingerprint density at radius 3 is 1.35 bits per heavy atom. The molecule has 0 N–H and O–H groups in total. The Hall–Kier alpha value is -2.49. The van der Waals surface area contributed by atoms with Crippen LogP contribution in [0.1, 0.15) is 266 Å². The van der Waals surface area contributed by atoms with E-state index in [1.54, 1.807) is 0 Å². The monoisotopic (exact) mass is 1010 g/mol. The van der Waals surface area contributed by atoms with E-state index >= 15 is 0 Å². The van der Waals surface area contributed by atoms with Crippen LogP contribution in [0.25, 0.3) is 0 Å². The third-order valence-electron chi connectivity index (χ3n) is 16.0. The first kappa shape index (κ1) is 63.8. The van der Waals surface area contributed by atoms with Crippen LogP contribution in [-0.4, -0.2) is 81.8 Å². The van der Waals surface area contributed by atoms with Crippen molar-refractivity contribution in [3.05, 3.63) is 36.5 Å². The highest BCUT2D eigenvalue weighted by molar-refractivity contribution is 5.70. The second-order valence-electron chi connectivity index (χ2n) is 22.9. The molecule has 0 radical (unpaired) electrons. The largest absolute Gasteiger partial charge is 0.465 e. The van der Waals surface area contributed by atoms with Crippen molar-refractivity contribution in [1.82, 2.24) is 4.90 Å². The van der Waals surface area contributed by atoms with Gasteiger partial charge in [-0.3, -0.25) is 14.4 Å². The second-order valence-corrected chi connectivity index (χ2v) is 22.9. The third-order valence-corrected chi connectivity index (χ3v) is 16.0. The Morgan fingerprint density at radius 2 is 0.875 bits per heavy atom. The summed E-state index contributed by atoms with van der Waals surface area (Å²) in [4.78, 5) is 42.5. The van der Waals surface area contributed by atoms with Crippen molar-refractivity contribution >= 4 is 17.9 Å². The van der Waals surface area contributed by atoms with Crippen LogP contribution in [0.15, 0.2) is 36.5 Å². The van der Waals surface area contributed by atoms with Crippen molar-refractivity contribution in [2.75, 3.05) is 52.7 Å². The summed E-state index contributed by atoms with van der Waals surface area (Å²) in [5.74, 6) is -0.0205. The standard InChI is InChI=1S/C63H111NO8/c1-6-11-14-17-20-23-24-25-26-27-28-29-30-33-36-40-57(65)70-53-61-47-56-48-62(50-61,54-71-58(66)41-39-44-64(9-4)10-5)52-63(49-56,51-61)55-72-59(67)42-43-60(68-45-37-34-31-21-18-15-12-7-2)69-46-38-35-32-22-19-16-13-8-3/h11,14,20,23,25-26,56,60H,6-10,12-13,15-19,21-22,24,27-55H2,1-5H3/b14-11-,23-20-,26-25-. The molecule has 4 atom stereocenters. The van der Waals surface area contributed by atoms with Gasteiger partial charge in [0, 0.05) is 48.7 Å². The molecule has 0 aromatic heterocycles. The van der Waals surface area contributed by atoms with Crippen molar-refractivity contribution in [3.63, 3.8) is 0 Å². The predicted molar refractivity (Wildman–Crippen MR) is 298 cm³/mol. The number of carbonyl (C=O) groups is 3. The molecule has 0 amide bonds. The molecule has 416 valence electrons. The highest BCUT2D eigenvalue weighted by atomic mass is 16.7. The summed E-state index contributed by atoms with van der Waals surface area (Å²) in [6.07, 6.45) is 50.6. The van der Waals surface area contributed by atoms with E-state index in [9.17, 15) is 14.4 Å². The maximum Gasteiger partial charge on any atom is 0.305 e. The van der Waals surface area contributed by atoms with Gasteiger partial charge in [0.1, 0.15) is 0 Å². The molecule has 0 aliphatic heterocycles. The maximum atomic E-state index is 13.7. The zero-order chi connectivity index (χ0) is 51.9. The van der Waals surface area contributed by atoms with Crippen molar-refractivity contribution in [1.29, 1.82) is 0 Å². The molecular weight excluding hydrogens is 899 g/mol. The number of allylic oxidation sites excluding steroid dienone is 6. The highest BCUT2D eigenvalue weighted by Gasteiger charge is 2.64. The SMILES string of the molecule is CC/C=C\C/C=C\C/C=C\CCCCCCCC(=O)OCC12CC3CC(COC(=O)CCCN(CC)CC)(C1)CC(COC(=O)CCC(OCCCCCCCCCC)OCCCCCCCCCC)(C3)C2. The number of hydrogen-bond acceptors (Lipinski definition) is 9. The summed E-state index contributed by atoms with van der Waals surface area (Å²) in [6, 6.07) is 0. The lowest BCUT2D eigenvalue weighted by Crippen LogP contribution is -2.61. The van der Waals surface area contributed by atoms with Gasteiger partial charge in [0.15, 0.2) is 6.29 Å². The number of carbonyl (C=O) groups excluding carboxylic acids is 3. The zero-order valence-corrected chi connectivity index (χ0v) is 47.4. The van der Waals surface area contributed by atoms with Gasteiger partial charge in [-0.2, -0.15) is 0 Å². The number of nitrogens with zero attached hydrogens (tertiary/aromatic N) is 1. The molecule has 4 aliphatic carbocycles. The van der Waals surface area contributed by atoms with E-state index in [1.165, 1.54) is 89.9 Å². The van der Waals surface area contributed by atoms with Crippen molar-refractivity contribution in [2.24, 2.45) is 22.2 Å². The summed E-state index contributed by atoms with van der Waals surface area (Å²) >= 11 is 0. The Morgan fingerprint density at radius 1 is 0.472 bits per heavy atom. The minimum absolute atomic E-state index is 0.107. The number of hydrogen-bond donors (Lipinski definition) is 0. The Labute approximate surface area is 442 Å². The Kier molecular flexibility index (Phi) is 35.3. The molecular formula is C63H111NO8. The van der Waals surface area contributed by atoms with Crippen LogP contribution in [0, 0.1) is 22.2 Å². The van der Waals surface area contributed by atoms with Gasteiger partial charge in [-0.15, -0.1) is 0 Å². The Balaban J connectivity index is 1.53. The van der Waals surface area contributed by atoms with Gasteiger partial charge in [-0.1, -0.05) is 180 Å². The summed E-state index contributed by atoms with van der Waals surface area (Å²) < 4.78 is 31.2. The van der Waals surface area contributed by atoms with E-state index in [2.05, 4.69) is 76.0 Å². The lowest BCUT2D eigenvalue weighted by molar-refractivity contribution is -0.213. The average molecular weight is 1010 g/mol. The number of esters is 3. The number of ether oxygens (including phenoxy) is 5. The van der Waals surface area contributed by atoms with Gasteiger partial charge in [-0.25, -0.2) is 0 Å². The molecule has 0 heterocycles. The zero-order valence-electron chi connectivity index (χ0n) is 47.4. The van der Waals surface area contributed by atoms with E-state index < -0.39 is 6.29 Å². The van der Waals surface area contributed by atoms with E-state index in [-0.39, 0.29) is 40.6 Å². The number of unbranched alkanes of at least 4 members (excludes halogenated alkanes) is 19. The van der Waals surface area contributed by atoms with Crippen LogP contribution in [0.3, 0.4) is 0 Å². The smallest absolute Gasteiger partial charge is 0.305 e. The normalized spacial score (nSPS) is 21.6. The second kappa shape index (κ2) is 39.9. The molecule has 4 saturated carbocycles. The first-order valence-corrected chi connectivity index (χ1v) is 30.5. The first-order chi connectivity index (χ1) is 35.1. The van der Waals surface area contributed by atoms with Crippen molar-refractivity contribution in [3.8, 4) is 0 Å².